The average Bonchev–Trinajstić information content (AvgIpc) is 3.23. The predicted octanol–water partition coefficient (Wildman–Crippen LogP) is 1.12. The van der Waals surface area contributed by atoms with Crippen LogP contribution in [-0.2, 0) is 4.74 Å². The summed E-state index contributed by atoms with van der Waals surface area (Å²) >= 11 is 0. The molecule has 170 valence electrons. The Kier molecular flexibility index (Phi) is 5.79. The number of aromatic nitrogens is 3. The zero-order valence-electron chi connectivity index (χ0n) is 18.2. The summed E-state index contributed by atoms with van der Waals surface area (Å²) in [5, 5.41) is 6.39. The van der Waals surface area contributed by atoms with Gasteiger partial charge in [0, 0.05) is 32.4 Å². The van der Waals surface area contributed by atoms with Crippen molar-refractivity contribution in [1.29, 1.82) is 0 Å². The molecule has 2 aromatic heterocycles. The number of nitrogens with one attached hydrogen (secondary N) is 2. The molecule has 0 aromatic carbocycles. The molecule has 10 heteroatoms. The second-order valence-electron chi connectivity index (χ2n) is 8.83. The molecule has 32 heavy (non-hydrogen) atoms. The van der Waals surface area contributed by atoms with Gasteiger partial charge in [-0.2, -0.15) is 0 Å². The highest BCUT2D eigenvalue weighted by Gasteiger charge is 2.39. The minimum absolute atomic E-state index is 0.124. The number of nitrogen functional groups attached to an aromatic ring is 1. The molecule has 4 N–H and O–H groups in total. The van der Waals surface area contributed by atoms with E-state index in [-0.39, 0.29) is 17.4 Å². The van der Waals surface area contributed by atoms with Gasteiger partial charge >= 0.3 is 0 Å². The van der Waals surface area contributed by atoms with E-state index in [1.54, 1.807) is 18.6 Å². The van der Waals surface area contributed by atoms with Crippen LogP contribution in [0.25, 0.3) is 0 Å². The second-order valence-corrected chi connectivity index (χ2v) is 8.83. The van der Waals surface area contributed by atoms with Gasteiger partial charge in [-0.25, -0.2) is 9.97 Å². The third kappa shape index (κ3) is 4.20. The maximum atomic E-state index is 13.1. The first kappa shape index (κ1) is 20.9. The number of anilines is 4. The van der Waals surface area contributed by atoms with Gasteiger partial charge in [0.2, 0.25) is 0 Å². The number of hydrogen-bond acceptors (Lipinski definition) is 9. The molecule has 5 rings (SSSR count). The number of pyridine rings is 1. The summed E-state index contributed by atoms with van der Waals surface area (Å²) in [6.07, 6.45) is 8.53. The minimum Gasteiger partial charge on any atom is -0.382 e. The van der Waals surface area contributed by atoms with E-state index in [4.69, 9.17) is 10.5 Å². The Balaban J connectivity index is 1.34. The molecule has 0 atom stereocenters. The lowest BCUT2D eigenvalue weighted by Gasteiger charge is -2.33. The molecule has 3 fully saturated rings. The van der Waals surface area contributed by atoms with E-state index in [2.05, 4.69) is 35.4 Å². The molecule has 0 aliphatic carbocycles. The lowest BCUT2D eigenvalue weighted by atomic mass is 9.78. The van der Waals surface area contributed by atoms with Crippen molar-refractivity contribution in [2.24, 2.45) is 5.41 Å². The molecule has 2 aromatic rings. The van der Waals surface area contributed by atoms with E-state index in [0.717, 1.165) is 51.4 Å². The van der Waals surface area contributed by atoms with E-state index in [0.29, 0.717) is 30.1 Å². The van der Waals surface area contributed by atoms with Crippen molar-refractivity contribution in [1.82, 2.24) is 20.3 Å². The van der Waals surface area contributed by atoms with Gasteiger partial charge in [-0.3, -0.25) is 9.78 Å². The molecule has 3 saturated heterocycles. The van der Waals surface area contributed by atoms with Crippen molar-refractivity contribution in [2.45, 2.75) is 19.3 Å². The van der Waals surface area contributed by atoms with Gasteiger partial charge in [-0.05, 0) is 43.8 Å². The molecule has 0 saturated carbocycles. The van der Waals surface area contributed by atoms with Crippen LogP contribution in [0.15, 0.2) is 24.7 Å². The van der Waals surface area contributed by atoms with Gasteiger partial charge in [0.05, 0.1) is 37.0 Å². The Morgan fingerprint density at radius 1 is 1.12 bits per heavy atom. The SMILES string of the molecule is Nc1ncc(N2CCC3(CCNCC3)C2)nc1C(=O)Nc1cnccc1N1CCOCC1. The first-order valence-electron chi connectivity index (χ1n) is 11.3. The van der Waals surface area contributed by atoms with Crippen LogP contribution in [0.4, 0.5) is 23.0 Å². The summed E-state index contributed by atoms with van der Waals surface area (Å²) in [7, 11) is 0. The lowest BCUT2D eigenvalue weighted by molar-refractivity contribution is 0.102. The molecule has 10 nitrogen and oxygen atoms in total. The fraction of sp³-hybridized carbons (Fsp3) is 0.545. The number of morpholine rings is 1. The van der Waals surface area contributed by atoms with Crippen LogP contribution >= 0.6 is 0 Å². The van der Waals surface area contributed by atoms with Crippen molar-refractivity contribution in [3.05, 3.63) is 30.4 Å². The number of ether oxygens (including phenoxy) is 1. The molecule has 1 spiro atoms. The van der Waals surface area contributed by atoms with Gasteiger partial charge in [0.25, 0.3) is 5.91 Å². The van der Waals surface area contributed by atoms with Gasteiger partial charge in [-0.15, -0.1) is 0 Å². The maximum Gasteiger partial charge on any atom is 0.278 e. The highest BCUT2D eigenvalue weighted by atomic mass is 16.5. The summed E-state index contributed by atoms with van der Waals surface area (Å²) in [5.74, 6) is 0.452. The standard InChI is InChI=1S/C22H30N8O2/c23-20-19(21(31)27-16-13-25-5-1-17(16)29-9-11-32-12-10-29)28-18(14-26-20)30-8-4-22(15-30)2-6-24-7-3-22/h1,5,13-14,24H,2-4,6-12,15H2,(H2,23,26)(H,27,31). The van der Waals surface area contributed by atoms with Gasteiger partial charge < -0.3 is 30.9 Å². The second kappa shape index (κ2) is 8.87. The van der Waals surface area contributed by atoms with E-state index in [1.165, 1.54) is 12.8 Å². The highest BCUT2D eigenvalue weighted by Crippen LogP contribution is 2.40. The minimum atomic E-state index is -0.380. The first-order valence-corrected chi connectivity index (χ1v) is 11.3. The van der Waals surface area contributed by atoms with E-state index < -0.39 is 0 Å². The third-order valence-electron chi connectivity index (χ3n) is 6.83. The monoisotopic (exact) mass is 438 g/mol. The molecule has 5 heterocycles. The predicted molar refractivity (Wildman–Crippen MR) is 123 cm³/mol. The summed E-state index contributed by atoms with van der Waals surface area (Å²) in [5.41, 5.74) is 8.07. The van der Waals surface area contributed by atoms with E-state index in [1.807, 2.05) is 6.07 Å². The number of carbonyl (C=O) groups is 1. The number of nitrogens with zero attached hydrogens (tertiary/aromatic N) is 5. The van der Waals surface area contributed by atoms with E-state index >= 15 is 0 Å². The number of piperidine rings is 1. The fourth-order valence-electron chi connectivity index (χ4n) is 4.95. The number of amides is 1. The van der Waals surface area contributed by atoms with Crippen LogP contribution in [0.2, 0.25) is 0 Å². The van der Waals surface area contributed by atoms with E-state index in [9.17, 15) is 4.79 Å². The molecular weight excluding hydrogens is 408 g/mol. The Bertz CT molecular complexity index is 972. The van der Waals surface area contributed by atoms with Crippen molar-refractivity contribution < 1.29 is 9.53 Å². The van der Waals surface area contributed by atoms with Crippen molar-refractivity contribution in [3.8, 4) is 0 Å². The largest absolute Gasteiger partial charge is 0.382 e. The topological polar surface area (TPSA) is 122 Å². The highest BCUT2D eigenvalue weighted by molar-refractivity contribution is 6.07. The van der Waals surface area contributed by atoms with Crippen LogP contribution in [-0.4, -0.2) is 73.3 Å². The summed E-state index contributed by atoms with van der Waals surface area (Å²) in [4.78, 5) is 30.7. The van der Waals surface area contributed by atoms with Gasteiger partial charge in [0.15, 0.2) is 11.5 Å². The van der Waals surface area contributed by atoms with Crippen molar-refractivity contribution >= 4 is 28.9 Å². The Morgan fingerprint density at radius 2 is 1.94 bits per heavy atom. The van der Waals surface area contributed by atoms with Crippen LogP contribution in [0, 0.1) is 5.41 Å². The summed E-state index contributed by atoms with van der Waals surface area (Å²) in [6.45, 7) is 6.82. The van der Waals surface area contributed by atoms with Crippen LogP contribution < -0.4 is 26.2 Å². The number of hydrogen-bond donors (Lipinski definition) is 3. The number of carbonyl (C=O) groups excluding carboxylic acids is 1. The molecule has 0 radical (unpaired) electrons. The smallest absolute Gasteiger partial charge is 0.278 e. The zero-order chi connectivity index (χ0) is 22.0. The molecule has 0 unspecified atom stereocenters. The van der Waals surface area contributed by atoms with Crippen LogP contribution in [0.1, 0.15) is 29.8 Å². The summed E-state index contributed by atoms with van der Waals surface area (Å²) < 4.78 is 5.44. The first-order chi connectivity index (χ1) is 15.6. The maximum absolute atomic E-state index is 13.1. The van der Waals surface area contributed by atoms with Crippen LogP contribution in [0.3, 0.4) is 0 Å². The van der Waals surface area contributed by atoms with Crippen molar-refractivity contribution in [3.63, 3.8) is 0 Å². The summed E-state index contributed by atoms with van der Waals surface area (Å²) in [6, 6.07) is 1.90. The average molecular weight is 439 g/mol. The Hall–Kier alpha value is -2.98. The fourth-order valence-corrected chi connectivity index (χ4v) is 4.95. The molecular formula is C22H30N8O2. The number of rotatable bonds is 4. The van der Waals surface area contributed by atoms with Crippen molar-refractivity contribution in [2.75, 3.05) is 73.3 Å². The van der Waals surface area contributed by atoms with Crippen LogP contribution in [0.5, 0.6) is 0 Å². The lowest BCUT2D eigenvalue weighted by Crippen LogP contribution is -2.38. The van der Waals surface area contributed by atoms with Gasteiger partial charge in [0.1, 0.15) is 5.82 Å². The number of nitrogens with two attached hydrogens (primary N) is 1. The normalized spacial score (nSPS) is 20.5. The molecule has 3 aliphatic heterocycles. The molecule has 1 amide bonds. The molecule has 3 aliphatic rings. The zero-order valence-corrected chi connectivity index (χ0v) is 18.2. The quantitative estimate of drug-likeness (QED) is 0.645. The Morgan fingerprint density at radius 3 is 2.75 bits per heavy atom. The Labute approximate surface area is 187 Å². The molecule has 0 bridgehead atoms. The third-order valence-corrected chi connectivity index (χ3v) is 6.83. The van der Waals surface area contributed by atoms with Gasteiger partial charge in [-0.1, -0.05) is 0 Å².